The number of benzene rings is 2. The fourth-order valence-electron chi connectivity index (χ4n) is 6.19. The zero-order valence-corrected chi connectivity index (χ0v) is 25.9. The number of hydrogen-bond donors (Lipinski definition) is 2. The maximum absolute atomic E-state index is 13.9. The molecule has 10 nitrogen and oxygen atoms in total. The Kier molecular flexibility index (Phi) is 9.27. The van der Waals surface area contributed by atoms with E-state index in [1.165, 1.54) is 6.92 Å². The summed E-state index contributed by atoms with van der Waals surface area (Å²) in [6, 6.07) is 12.0. The fourth-order valence-corrected chi connectivity index (χ4v) is 6.36. The molecule has 0 bridgehead atoms. The summed E-state index contributed by atoms with van der Waals surface area (Å²) in [5.41, 5.74) is 7.44. The molecule has 3 aliphatic rings. The van der Waals surface area contributed by atoms with E-state index in [0.717, 1.165) is 36.3 Å². The Balaban J connectivity index is 1.26. The number of halogens is 1. The first-order chi connectivity index (χ1) is 20.5. The number of fused-ring (bicyclic) bond motifs is 2. The summed E-state index contributed by atoms with van der Waals surface area (Å²) in [6.45, 7) is 8.22. The van der Waals surface area contributed by atoms with E-state index in [4.69, 9.17) is 27.1 Å². The van der Waals surface area contributed by atoms with Crippen molar-refractivity contribution in [2.24, 2.45) is 10.7 Å². The monoisotopic (exact) mass is 608 g/mol. The number of piperazine rings is 1. The van der Waals surface area contributed by atoms with Gasteiger partial charge in [0, 0.05) is 50.2 Å². The van der Waals surface area contributed by atoms with Crippen LogP contribution in [0.1, 0.15) is 58.4 Å². The van der Waals surface area contributed by atoms with Crippen molar-refractivity contribution in [3.05, 3.63) is 53.1 Å². The molecule has 3 N–H and O–H groups in total. The van der Waals surface area contributed by atoms with Gasteiger partial charge in [-0.05, 0) is 76.3 Å². The van der Waals surface area contributed by atoms with E-state index in [9.17, 15) is 14.4 Å². The minimum atomic E-state index is -0.688. The van der Waals surface area contributed by atoms with Gasteiger partial charge in [0.25, 0.3) is 0 Å². The number of carbonyl (C=O) groups excluding carboxylic acids is 3. The molecule has 3 aliphatic heterocycles. The predicted octanol–water partition coefficient (Wildman–Crippen LogP) is 4.07. The number of nitrogens with one attached hydrogen (secondary N) is 1. The van der Waals surface area contributed by atoms with Gasteiger partial charge in [-0.15, -0.1) is 0 Å². The normalized spacial score (nSPS) is 19.9. The quantitative estimate of drug-likeness (QED) is 0.457. The van der Waals surface area contributed by atoms with Gasteiger partial charge in [-0.3, -0.25) is 14.4 Å². The molecule has 0 spiro atoms. The van der Waals surface area contributed by atoms with Crippen molar-refractivity contribution in [2.75, 3.05) is 32.7 Å². The lowest BCUT2D eigenvalue weighted by Gasteiger charge is -2.41. The third kappa shape index (κ3) is 6.80. The Hall–Kier alpha value is -3.63. The molecule has 0 unspecified atom stereocenters. The van der Waals surface area contributed by atoms with E-state index >= 15 is 0 Å². The fraction of sp³-hybridized carbons (Fsp3) is 0.500. The predicted molar refractivity (Wildman–Crippen MR) is 167 cm³/mol. The third-order valence-corrected chi connectivity index (χ3v) is 8.77. The highest BCUT2D eigenvalue weighted by Crippen LogP contribution is 2.39. The Morgan fingerprint density at radius 2 is 1.84 bits per heavy atom. The molecule has 2 aromatic carbocycles. The van der Waals surface area contributed by atoms with Gasteiger partial charge < -0.3 is 30.5 Å². The van der Waals surface area contributed by atoms with Crippen molar-refractivity contribution in [2.45, 2.75) is 70.5 Å². The van der Waals surface area contributed by atoms with Crippen molar-refractivity contribution in [3.8, 4) is 11.5 Å². The zero-order chi connectivity index (χ0) is 30.7. The van der Waals surface area contributed by atoms with E-state index in [1.807, 2.05) is 55.1 Å². The van der Waals surface area contributed by atoms with E-state index in [0.29, 0.717) is 62.1 Å². The van der Waals surface area contributed by atoms with Crippen LogP contribution in [0.2, 0.25) is 5.02 Å². The second-order valence-corrected chi connectivity index (χ2v) is 12.6. The molecule has 0 aromatic heterocycles. The molecule has 3 heterocycles. The average Bonchev–Trinajstić information content (AvgIpc) is 3.20. The van der Waals surface area contributed by atoms with Crippen LogP contribution < -0.4 is 15.8 Å². The van der Waals surface area contributed by atoms with Gasteiger partial charge in [0.1, 0.15) is 23.3 Å². The molecule has 3 amide bonds. The van der Waals surface area contributed by atoms with E-state index in [1.54, 1.807) is 11.0 Å². The molecule has 230 valence electrons. The van der Waals surface area contributed by atoms with Crippen LogP contribution in [0.5, 0.6) is 11.5 Å². The van der Waals surface area contributed by atoms with E-state index < -0.39 is 17.6 Å². The number of nitrogens with two attached hydrogens (primary N) is 1. The topological polar surface area (TPSA) is 121 Å². The molecule has 5 rings (SSSR count). The number of likely N-dealkylation sites (tertiary alicyclic amines) is 1. The van der Waals surface area contributed by atoms with Crippen LogP contribution >= 0.6 is 11.6 Å². The van der Waals surface area contributed by atoms with Crippen LogP contribution in [0, 0.1) is 0 Å². The number of amides is 3. The van der Waals surface area contributed by atoms with Crippen LogP contribution in [0.4, 0.5) is 5.69 Å². The van der Waals surface area contributed by atoms with Crippen LogP contribution in [0.25, 0.3) is 0 Å². The minimum absolute atomic E-state index is 0.0311. The SMILES string of the molecule is CC(=O)NCCCC[C@H](N)C(=O)N1[C@@H](C(=O)N2CCN(C3=Nc4ccccc4Oc4ccc(Cl)cc43)CC2)CCC1(C)C. The van der Waals surface area contributed by atoms with Crippen LogP contribution in [-0.4, -0.2) is 88.6 Å². The lowest BCUT2D eigenvalue weighted by Crippen LogP contribution is -2.59. The molecule has 43 heavy (non-hydrogen) atoms. The van der Waals surface area contributed by atoms with Crippen molar-refractivity contribution in [1.82, 2.24) is 20.0 Å². The van der Waals surface area contributed by atoms with E-state index in [-0.39, 0.29) is 17.7 Å². The van der Waals surface area contributed by atoms with Gasteiger partial charge in [0.05, 0.1) is 11.6 Å². The summed E-state index contributed by atoms with van der Waals surface area (Å²) in [7, 11) is 0. The molecule has 0 radical (unpaired) electrons. The summed E-state index contributed by atoms with van der Waals surface area (Å²) in [4.78, 5) is 49.3. The number of amidine groups is 1. The molecule has 2 fully saturated rings. The highest BCUT2D eigenvalue weighted by molar-refractivity contribution is 6.31. The highest BCUT2D eigenvalue weighted by atomic mass is 35.5. The van der Waals surface area contributed by atoms with Gasteiger partial charge in [-0.2, -0.15) is 0 Å². The van der Waals surface area contributed by atoms with Crippen molar-refractivity contribution in [3.63, 3.8) is 0 Å². The summed E-state index contributed by atoms with van der Waals surface area (Å²) >= 11 is 6.38. The lowest BCUT2D eigenvalue weighted by molar-refractivity contribution is -0.149. The van der Waals surface area contributed by atoms with Crippen LogP contribution in [0.15, 0.2) is 47.5 Å². The summed E-state index contributed by atoms with van der Waals surface area (Å²) in [5.74, 6) is 1.83. The molecule has 0 aliphatic carbocycles. The average molecular weight is 609 g/mol. The molecule has 2 aromatic rings. The minimum Gasteiger partial charge on any atom is -0.454 e. The molecule has 2 atom stereocenters. The van der Waals surface area contributed by atoms with Crippen LogP contribution in [-0.2, 0) is 14.4 Å². The standard InChI is InChI=1S/C32H41ClN6O4/c1-21(40)35-15-7-6-8-24(34)30(41)39-26(13-14-32(39,2)3)31(42)38-18-16-37(17-19-38)29-23-20-22(33)11-12-27(23)43-28-10-5-4-9-25(28)36-29/h4-5,9-12,20,24,26H,6-8,13-19,34H2,1-3H3,(H,35,40)/t24-,26+/m0/s1. The van der Waals surface area contributed by atoms with Gasteiger partial charge in [-0.25, -0.2) is 4.99 Å². The lowest BCUT2D eigenvalue weighted by atomic mass is 10.0. The maximum atomic E-state index is 13.9. The van der Waals surface area contributed by atoms with Gasteiger partial charge in [-0.1, -0.05) is 23.7 Å². The second kappa shape index (κ2) is 12.9. The number of carbonyl (C=O) groups is 3. The van der Waals surface area contributed by atoms with Crippen molar-refractivity contribution in [1.29, 1.82) is 0 Å². The molecular formula is C32H41ClN6O4. The van der Waals surface area contributed by atoms with Crippen molar-refractivity contribution >= 4 is 40.8 Å². The smallest absolute Gasteiger partial charge is 0.245 e. The second-order valence-electron chi connectivity index (χ2n) is 12.1. The Morgan fingerprint density at radius 3 is 2.58 bits per heavy atom. The Labute approximate surface area is 258 Å². The number of rotatable bonds is 7. The molecular weight excluding hydrogens is 568 g/mol. The molecule has 11 heteroatoms. The largest absolute Gasteiger partial charge is 0.454 e. The summed E-state index contributed by atoms with van der Waals surface area (Å²) in [6.07, 6.45) is 3.31. The number of aliphatic imine (C=N–C) groups is 1. The number of hydrogen-bond acceptors (Lipinski definition) is 7. The maximum Gasteiger partial charge on any atom is 0.245 e. The molecule has 2 saturated heterocycles. The first-order valence-electron chi connectivity index (χ1n) is 15.1. The van der Waals surface area contributed by atoms with Gasteiger partial charge in [0.2, 0.25) is 17.7 Å². The van der Waals surface area contributed by atoms with Gasteiger partial charge in [0.15, 0.2) is 5.75 Å². The number of nitrogens with zero attached hydrogens (tertiary/aromatic N) is 4. The zero-order valence-electron chi connectivity index (χ0n) is 25.1. The number of ether oxygens (including phenoxy) is 1. The van der Waals surface area contributed by atoms with Crippen molar-refractivity contribution < 1.29 is 19.1 Å². The number of unbranched alkanes of at least 4 members (excludes halogenated alkanes) is 1. The highest BCUT2D eigenvalue weighted by Gasteiger charge is 2.48. The molecule has 0 saturated carbocycles. The van der Waals surface area contributed by atoms with Gasteiger partial charge >= 0.3 is 0 Å². The van der Waals surface area contributed by atoms with Crippen LogP contribution in [0.3, 0.4) is 0 Å². The Morgan fingerprint density at radius 1 is 1.09 bits per heavy atom. The first-order valence-corrected chi connectivity index (χ1v) is 15.5. The summed E-state index contributed by atoms with van der Waals surface area (Å²) < 4.78 is 6.20. The van der Waals surface area contributed by atoms with E-state index in [2.05, 4.69) is 10.2 Å². The summed E-state index contributed by atoms with van der Waals surface area (Å²) in [5, 5.41) is 3.36. The third-order valence-electron chi connectivity index (χ3n) is 8.53. The Bertz CT molecular complexity index is 1400. The first kappa shape index (κ1) is 30.8. The number of para-hydroxylation sites is 2.